The molecule has 0 unspecified atom stereocenters. The minimum atomic E-state index is 0.409. The quantitative estimate of drug-likeness (QED) is 0.780. The molecule has 0 amide bonds. The average molecular weight is 222 g/mol. The summed E-state index contributed by atoms with van der Waals surface area (Å²) in [4.78, 5) is 0. The Labute approximate surface area is 97.8 Å². The van der Waals surface area contributed by atoms with Gasteiger partial charge in [-0.15, -0.1) is 0 Å². The Morgan fingerprint density at radius 2 is 2.12 bits per heavy atom. The number of hydrogen-bond acceptors (Lipinski definition) is 2. The maximum absolute atomic E-state index is 5.79. The van der Waals surface area contributed by atoms with E-state index in [4.69, 9.17) is 4.74 Å². The van der Waals surface area contributed by atoms with E-state index in [0.717, 1.165) is 18.3 Å². The monoisotopic (exact) mass is 222 g/mol. The second-order valence-electron chi connectivity index (χ2n) is 5.06. The number of hydrogen-bond donors (Lipinski definition) is 0. The molecular formula is C13H22N2O. The first-order valence-corrected chi connectivity index (χ1v) is 6.42. The first-order valence-electron chi connectivity index (χ1n) is 6.42. The van der Waals surface area contributed by atoms with E-state index in [-0.39, 0.29) is 0 Å². The fraction of sp³-hybridized carbons (Fsp3) is 0.769. The van der Waals surface area contributed by atoms with Gasteiger partial charge in [-0.3, -0.25) is 4.68 Å². The van der Waals surface area contributed by atoms with Crippen LogP contribution in [0.2, 0.25) is 0 Å². The highest BCUT2D eigenvalue weighted by Crippen LogP contribution is 2.24. The van der Waals surface area contributed by atoms with Gasteiger partial charge in [-0.25, -0.2) is 0 Å². The summed E-state index contributed by atoms with van der Waals surface area (Å²) < 4.78 is 7.73. The van der Waals surface area contributed by atoms with Gasteiger partial charge >= 0.3 is 0 Å². The largest absolute Gasteiger partial charge is 0.490 e. The van der Waals surface area contributed by atoms with Crippen molar-refractivity contribution >= 4 is 0 Å². The molecule has 1 aromatic heterocycles. The highest BCUT2D eigenvalue weighted by Gasteiger charge is 2.14. The SMILES string of the molecule is CC(C)n1cc(OCC2CCCCC2)cn1. The van der Waals surface area contributed by atoms with Crippen molar-refractivity contribution in [2.75, 3.05) is 6.61 Å². The second-order valence-corrected chi connectivity index (χ2v) is 5.06. The molecule has 1 aliphatic rings. The van der Waals surface area contributed by atoms with Crippen molar-refractivity contribution in [3.63, 3.8) is 0 Å². The van der Waals surface area contributed by atoms with Crippen molar-refractivity contribution in [2.24, 2.45) is 5.92 Å². The lowest BCUT2D eigenvalue weighted by Crippen LogP contribution is -2.15. The van der Waals surface area contributed by atoms with Gasteiger partial charge in [0.2, 0.25) is 0 Å². The van der Waals surface area contributed by atoms with Gasteiger partial charge in [-0.2, -0.15) is 5.10 Å². The summed E-state index contributed by atoms with van der Waals surface area (Å²) in [6, 6.07) is 0.409. The van der Waals surface area contributed by atoms with E-state index in [1.54, 1.807) is 0 Å². The van der Waals surface area contributed by atoms with Gasteiger partial charge in [-0.05, 0) is 32.6 Å². The lowest BCUT2D eigenvalue weighted by molar-refractivity contribution is 0.208. The highest BCUT2D eigenvalue weighted by molar-refractivity contribution is 5.12. The van der Waals surface area contributed by atoms with Crippen molar-refractivity contribution in [1.29, 1.82) is 0 Å². The molecule has 3 heteroatoms. The average Bonchev–Trinajstić information content (AvgIpc) is 2.76. The molecule has 90 valence electrons. The van der Waals surface area contributed by atoms with Gasteiger partial charge < -0.3 is 4.74 Å². The third kappa shape index (κ3) is 3.00. The van der Waals surface area contributed by atoms with Crippen LogP contribution in [-0.2, 0) is 0 Å². The predicted octanol–water partition coefficient (Wildman–Crippen LogP) is 3.42. The molecule has 0 aromatic carbocycles. The van der Waals surface area contributed by atoms with Gasteiger partial charge in [0.1, 0.15) is 0 Å². The Balaban J connectivity index is 1.79. The minimum Gasteiger partial charge on any atom is -0.490 e. The molecule has 0 radical (unpaired) electrons. The maximum atomic E-state index is 5.79. The van der Waals surface area contributed by atoms with Crippen LogP contribution < -0.4 is 4.74 Å². The molecule has 0 saturated heterocycles. The van der Waals surface area contributed by atoms with Crippen LogP contribution in [0.1, 0.15) is 52.0 Å². The number of rotatable bonds is 4. The maximum Gasteiger partial charge on any atom is 0.157 e. The smallest absolute Gasteiger partial charge is 0.157 e. The van der Waals surface area contributed by atoms with Crippen molar-refractivity contribution < 1.29 is 4.74 Å². The molecule has 0 aliphatic heterocycles. The molecule has 1 aromatic rings. The van der Waals surface area contributed by atoms with Crippen LogP contribution >= 0.6 is 0 Å². The molecule has 1 aliphatic carbocycles. The zero-order valence-electron chi connectivity index (χ0n) is 10.4. The lowest BCUT2D eigenvalue weighted by Gasteiger charge is -2.21. The van der Waals surface area contributed by atoms with Crippen LogP contribution in [0.25, 0.3) is 0 Å². The molecule has 0 spiro atoms. The van der Waals surface area contributed by atoms with E-state index in [0.29, 0.717) is 6.04 Å². The van der Waals surface area contributed by atoms with Gasteiger partial charge in [0, 0.05) is 6.04 Å². The molecule has 1 saturated carbocycles. The Kier molecular flexibility index (Phi) is 3.86. The van der Waals surface area contributed by atoms with Crippen LogP contribution in [-0.4, -0.2) is 16.4 Å². The molecule has 1 heterocycles. The Bertz CT molecular complexity index is 313. The Morgan fingerprint density at radius 1 is 1.38 bits per heavy atom. The van der Waals surface area contributed by atoms with E-state index in [1.165, 1.54) is 32.1 Å². The zero-order chi connectivity index (χ0) is 11.4. The first kappa shape index (κ1) is 11.5. The second kappa shape index (κ2) is 5.37. The third-order valence-electron chi connectivity index (χ3n) is 3.32. The first-order chi connectivity index (χ1) is 7.75. The summed E-state index contributed by atoms with van der Waals surface area (Å²) in [5.41, 5.74) is 0. The zero-order valence-corrected chi connectivity index (χ0v) is 10.4. The Morgan fingerprint density at radius 3 is 2.75 bits per heavy atom. The topological polar surface area (TPSA) is 27.1 Å². The predicted molar refractivity (Wildman–Crippen MR) is 64.7 cm³/mol. The number of ether oxygens (including phenoxy) is 1. The Hall–Kier alpha value is -0.990. The summed E-state index contributed by atoms with van der Waals surface area (Å²) in [7, 11) is 0. The molecule has 1 fully saturated rings. The number of aromatic nitrogens is 2. The molecule has 2 rings (SSSR count). The third-order valence-corrected chi connectivity index (χ3v) is 3.32. The summed E-state index contributed by atoms with van der Waals surface area (Å²) in [5, 5.41) is 4.27. The standard InChI is InChI=1S/C13H22N2O/c1-11(2)15-9-13(8-14-15)16-10-12-6-4-3-5-7-12/h8-9,11-12H,3-7,10H2,1-2H3. The molecular weight excluding hydrogens is 200 g/mol. The van der Waals surface area contributed by atoms with Crippen molar-refractivity contribution in [1.82, 2.24) is 9.78 Å². The van der Waals surface area contributed by atoms with Crippen LogP contribution in [0.5, 0.6) is 5.75 Å². The summed E-state index contributed by atoms with van der Waals surface area (Å²) in [6.07, 6.45) is 10.6. The summed E-state index contributed by atoms with van der Waals surface area (Å²) in [6.45, 7) is 5.11. The lowest BCUT2D eigenvalue weighted by atomic mass is 9.90. The molecule has 0 bridgehead atoms. The van der Waals surface area contributed by atoms with Crippen LogP contribution in [0.4, 0.5) is 0 Å². The van der Waals surface area contributed by atoms with E-state index >= 15 is 0 Å². The highest BCUT2D eigenvalue weighted by atomic mass is 16.5. The molecule has 0 atom stereocenters. The normalized spacial score (nSPS) is 17.9. The fourth-order valence-electron chi connectivity index (χ4n) is 2.25. The van der Waals surface area contributed by atoms with E-state index in [1.807, 2.05) is 17.1 Å². The van der Waals surface area contributed by atoms with Crippen LogP contribution in [0, 0.1) is 5.92 Å². The minimum absolute atomic E-state index is 0.409. The molecule has 3 nitrogen and oxygen atoms in total. The summed E-state index contributed by atoms with van der Waals surface area (Å²) in [5.74, 6) is 1.68. The van der Waals surface area contributed by atoms with Crippen LogP contribution in [0.15, 0.2) is 12.4 Å². The van der Waals surface area contributed by atoms with Crippen molar-refractivity contribution in [3.05, 3.63) is 12.4 Å². The van der Waals surface area contributed by atoms with E-state index < -0.39 is 0 Å². The van der Waals surface area contributed by atoms with Gasteiger partial charge in [0.25, 0.3) is 0 Å². The van der Waals surface area contributed by atoms with Crippen LogP contribution in [0.3, 0.4) is 0 Å². The summed E-state index contributed by atoms with van der Waals surface area (Å²) >= 11 is 0. The van der Waals surface area contributed by atoms with Crippen molar-refractivity contribution in [3.8, 4) is 5.75 Å². The van der Waals surface area contributed by atoms with E-state index in [2.05, 4.69) is 18.9 Å². The van der Waals surface area contributed by atoms with Crippen molar-refractivity contribution in [2.45, 2.75) is 52.0 Å². The van der Waals surface area contributed by atoms with Gasteiger partial charge in [0.15, 0.2) is 5.75 Å². The fourth-order valence-corrected chi connectivity index (χ4v) is 2.25. The van der Waals surface area contributed by atoms with E-state index in [9.17, 15) is 0 Å². The number of nitrogens with zero attached hydrogens (tertiary/aromatic N) is 2. The van der Waals surface area contributed by atoms with Gasteiger partial charge in [0.05, 0.1) is 19.0 Å². The van der Waals surface area contributed by atoms with Gasteiger partial charge in [-0.1, -0.05) is 19.3 Å². The molecule has 0 N–H and O–H groups in total. The molecule has 16 heavy (non-hydrogen) atoms.